The van der Waals surface area contributed by atoms with Crippen molar-refractivity contribution in [2.45, 2.75) is 51.5 Å². The summed E-state index contributed by atoms with van der Waals surface area (Å²) in [5.74, 6) is -0.0600. The average Bonchev–Trinajstić information content (AvgIpc) is 2.45. The van der Waals surface area contributed by atoms with Crippen LogP contribution in [0.2, 0.25) is 0 Å². The molecular formula is C16H24N2. The molecule has 1 rings (SSSR count). The maximum Gasteiger partial charge on any atom is 0.0837 e. The van der Waals surface area contributed by atoms with Crippen molar-refractivity contribution in [1.82, 2.24) is 5.32 Å². The van der Waals surface area contributed by atoms with Gasteiger partial charge in [-0.2, -0.15) is 5.26 Å². The van der Waals surface area contributed by atoms with Gasteiger partial charge in [0.2, 0.25) is 0 Å². The third-order valence-corrected chi connectivity index (χ3v) is 4.07. The van der Waals surface area contributed by atoms with E-state index in [-0.39, 0.29) is 11.5 Å². The number of nitriles is 1. The van der Waals surface area contributed by atoms with E-state index >= 15 is 0 Å². The smallest absolute Gasteiger partial charge is 0.0837 e. The summed E-state index contributed by atoms with van der Waals surface area (Å²) in [6.45, 7) is 7.37. The highest BCUT2D eigenvalue weighted by Crippen LogP contribution is 2.21. The Hall–Kier alpha value is -1.33. The van der Waals surface area contributed by atoms with E-state index in [0.29, 0.717) is 0 Å². The minimum absolute atomic E-state index is 0.0600. The number of hydrogen-bond donors (Lipinski definition) is 1. The summed E-state index contributed by atoms with van der Waals surface area (Å²) in [5, 5.41) is 12.9. The van der Waals surface area contributed by atoms with Gasteiger partial charge >= 0.3 is 0 Å². The second-order valence-electron chi connectivity index (χ2n) is 4.81. The fourth-order valence-electron chi connectivity index (χ4n) is 2.37. The summed E-state index contributed by atoms with van der Waals surface area (Å²) in [6.07, 6.45) is 3.31. The van der Waals surface area contributed by atoms with Crippen LogP contribution in [-0.4, -0.2) is 12.1 Å². The van der Waals surface area contributed by atoms with E-state index in [1.807, 2.05) is 30.3 Å². The van der Waals surface area contributed by atoms with Crippen molar-refractivity contribution in [2.75, 3.05) is 6.54 Å². The molecule has 1 aromatic carbocycles. The summed E-state index contributed by atoms with van der Waals surface area (Å²) in [7, 11) is 0. The van der Waals surface area contributed by atoms with Crippen molar-refractivity contribution in [1.29, 1.82) is 5.26 Å². The molecule has 98 valence electrons. The van der Waals surface area contributed by atoms with Crippen LogP contribution in [0.1, 0.15) is 51.5 Å². The molecule has 2 heteroatoms. The molecule has 0 saturated carbocycles. The lowest BCUT2D eigenvalue weighted by atomic mass is 9.88. The first-order chi connectivity index (χ1) is 8.71. The largest absolute Gasteiger partial charge is 0.310 e. The summed E-state index contributed by atoms with van der Waals surface area (Å²) in [5.41, 5.74) is 1.29. The fraction of sp³-hybridized carbons (Fsp3) is 0.562. The van der Waals surface area contributed by atoms with Crippen LogP contribution in [0.25, 0.3) is 0 Å². The normalized spacial score (nSPS) is 13.0. The van der Waals surface area contributed by atoms with Crippen LogP contribution in [0.3, 0.4) is 0 Å². The molecule has 1 aromatic rings. The lowest BCUT2D eigenvalue weighted by Crippen LogP contribution is -2.45. The molecule has 0 heterocycles. The summed E-state index contributed by atoms with van der Waals surface area (Å²) >= 11 is 0. The van der Waals surface area contributed by atoms with Crippen molar-refractivity contribution >= 4 is 0 Å². The number of nitrogens with one attached hydrogen (secondary N) is 1. The molecule has 0 aromatic heterocycles. The van der Waals surface area contributed by atoms with Gasteiger partial charge in [0.25, 0.3) is 0 Å². The van der Waals surface area contributed by atoms with Crippen molar-refractivity contribution in [3.8, 4) is 6.07 Å². The standard InChI is InChI=1S/C16H24N2/c1-4-16(5-2,6-3)18-13-15(12-17)14-10-8-7-9-11-14/h7-11,15,18H,4-6,13H2,1-3H3. The van der Waals surface area contributed by atoms with Crippen molar-refractivity contribution in [2.24, 2.45) is 0 Å². The molecule has 1 unspecified atom stereocenters. The number of benzene rings is 1. The Bertz CT molecular complexity index is 366. The van der Waals surface area contributed by atoms with E-state index in [2.05, 4.69) is 32.2 Å². The summed E-state index contributed by atoms with van der Waals surface area (Å²) < 4.78 is 0. The Morgan fingerprint density at radius 3 is 2.11 bits per heavy atom. The maximum absolute atomic E-state index is 9.30. The van der Waals surface area contributed by atoms with Gasteiger partial charge in [0, 0.05) is 12.1 Å². The Balaban J connectivity index is 2.69. The van der Waals surface area contributed by atoms with E-state index in [9.17, 15) is 5.26 Å². The van der Waals surface area contributed by atoms with Gasteiger partial charge in [0.15, 0.2) is 0 Å². The van der Waals surface area contributed by atoms with Crippen LogP contribution in [-0.2, 0) is 0 Å². The molecule has 1 atom stereocenters. The number of rotatable bonds is 7. The highest BCUT2D eigenvalue weighted by Gasteiger charge is 2.24. The first kappa shape index (κ1) is 14.7. The summed E-state index contributed by atoms with van der Waals surface area (Å²) in [4.78, 5) is 0. The van der Waals surface area contributed by atoms with E-state index in [4.69, 9.17) is 0 Å². The average molecular weight is 244 g/mol. The van der Waals surface area contributed by atoms with Crippen LogP contribution in [0.4, 0.5) is 0 Å². The second kappa shape index (κ2) is 7.18. The number of hydrogen-bond acceptors (Lipinski definition) is 2. The Morgan fingerprint density at radius 1 is 1.11 bits per heavy atom. The van der Waals surface area contributed by atoms with Crippen LogP contribution in [0, 0.1) is 11.3 Å². The molecule has 0 aliphatic rings. The summed E-state index contributed by atoms with van der Waals surface area (Å²) in [6, 6.07) is 12.4. The van der Waals surface area contributed by atoms with E-state index in [0.717, 1.165) is 31.4 Å². The Morgan fingerprint density at radius 2 is 1.67 bits per heavy atom. The molecule has 0 spiro atoms. The highest BCUT2D eigenvalue weighted by atomic mass is 15.0. The lowest BCUT2D eigenvalue weighted by molar-refractivity contribution is 0.289. The van der Waals surface area contributed by atoms with Crippen LogP contribution in [0.5, 0.6) is 0 Å². The molecule has 2 nitrogen and oxygen atoms in total. The minimum Gasteiger partial charge on any atom is -0.310 e. The quantitative estimate of drug-likeness (QED) is 0.790. The predicted octanol–water partition coefficient (Wildman–Crippen LogP) is 3.85. The van der Waals surface area contributed by atoms with Gasteiger partial charge in [-0.15, -0.1) is 0 Å². The molecule has 0 saturated heterocycles. The first-order valence-corrected chi connectivity index (χ1v) is 6.91. The van der Waals surface area contributed by atoms with Crippen molar-refractivity contribution in [3.63, 3.8) is 0 Å². The van der Waals surface area contributed by atoms with Crippen molar-refractivity contribution in [3.05, 3.63) is 35.9 Å². The molecule has 0 fully saturated rings. The fourth-order valence-corrected chi connectivity index (χ4v) is 2.37. The SMILES string of the molecule is CCC(CC)(CC)NCC(C#N)c1ccccc1. The number of nitrogens with zero attached hydrogens (tertiary/aromatic N) is 1. The zero-order valence-corrected chi connectivity index (χ0v) is 11.7. The van der Waals surface area contributed by atoms with Gasteiger partial charge in [-0.05, 0) is 24.8 Å². The zero-order chi connectivity index (χ0) is 13.4. The van der Waals surface area contributed by atoms with E-state index in [1.54, 1.807) is 0 Å². The Kier molecular flexibility index (Phi) is 5.88. The van der Waals surface area contributed by atoms with Gasteiger partial charge in [-0.3, -0.25) is 0 Å². The van der Waals surface area contributed by atoms with Gasteiger partial charge in [-0.25, -0.2) is 0 Å². The van der Waals surface area contributed by atoms with Gasteiger partial charge in [0.1, 0.15) is 0 Å². The van der Waals surface area contributed by atoms with E-state index in [1.165, 1.54) is 0 Å². The minimum atomic E-state index is -0.0600. The second-order valence-corrected chi connectivity index (χ2v) is 4.81. The van der Waals surface area contributed by atoms with Gasteiger partial charge in [-0.1, -0.05) is 51.1 Å². The molecule has 1 N–H and O–H groups in total. The van der Waals surface area contributed by atoms with Crippen LogP contribution >= 0.6 is 0 Å². The molecule has 0 radical (unpaired) electrons. The third-order valence-electron chi connectivity index (χ3n) is 4.07. The zero-order valence-electron chi connectivity index (χ0n) is 11.7. The van der Waals surface area contributed by atoms with Gasteiger partial charge in [0.05, 0.1) is 12.0 Å². The molecule has 0 aliphatic carbocycles. The molecule has 18 heavy (non-hydrogen) atoms. The van der Waals surface area contributed by atoms with Gasteiger partial charge < -0.3 is 5.32 Å². The first-order valence-electron chi connectivity index (χ1n) is 6.91. The molecule has 0 aliphatic heterocycles. The molecular weight excluding hydrogens is 220 g/mol. The Labute approximate surface area is 111 Å². The maximum atomic E-state index is 9.30. The highest BCUT2D eigenvalue weighted by molar-refractivity contribution is 5.25. The monoisotopic (exact) mass is 244 g/mol. The third kappa shape index (κ3) is 3.58. The predicted molar refractivity (Wildman–Crippen MR) is 76.4 cm³/mol. The molecule has 0 bridgehead atoms. The van der Waals surface area contributed by atoms with Crippen molar-refractivity contribution < 1.29 is 0 Å². The molecule has 0 amide bonds. The van der Waals surface area contributed by atoms with E-state index < -0.39 is 0 Å². The lowest BCUT2D eigenvalue weighted by Gasteiger charge is -2.33. The van der Waals surface area contributed by atoms with Crippen LogP contribution < -0.4 is 5.32 Å². The topological polar surface area (TPSA) is 35.8 Å². The van der Waals surface area contributed by atoms with Crippen LogP contribution in [0.15, 0.2) is 30.3 Å².